The van der Waals surface area contributed by atoms with Gasteiger partial charge in [0.15, 0.2) is 0 Å². The molecule has 0 saturated heterocycles. The van der Waals surface area contributed by atoms with Gasteiger partial charge in [-0.3, -0.25) is 0 Å². The number of fused-ring (bicyclic) bond motifs is 1. The van der Waals surface area contributed by atoms with E-state index in [1.165, 1.54) is 17.5 Å². The molecule has 2 aromatic rings. The maximum absolute atomic E-state index is 12.2. The molecule has 0 bridgehead atoms. The first kappa shape index (κ1) is 16.7. The minimum Gasteiger partial charge on any atom is -0.435 e. The van der Waals surface area contributed by atoms with Crippen LogP contribution < -0.4 is 15.4 Å². The standard InChI is InChI=1S/C19H22F2N2O/c1-23(15-5-8-17(9-6-15)24-19(20)21)16-7-10-18-13(11-16)3-2-4-14(18)12-22/h5-11,14,19H,2-4,12,22H2,1H3/t14-/m0/s1. The highest BCUT2D eigenvalue weighted by Crippen LogP contribution is 2.35. The number of hydrogen-bond acceptors (Lipinski definition) is 3. The highest BCUT2D eigenvalue weighted by Gasteiger charge is 2.19. The van der Waals surface area contributed by atoms with Crippen LogP contribution in [0.2, 0.25) is 0 Å². The van der Waals surface area contributed by atoms with Gasteiger partial charge in [0.05, 0.1) is 0 Å². The summed E-state index contributed by atoms with van der Waals surface area (Å²) in [5.74, 6) is 0.622. The Morgan fingerprint density at radius 3 is 2.54 bits per heavy atom. The highest BCUT2D eigenvalue weighted by molar-refractivity contribution is 5.64. The summed E-state index contributed by atoms with van der Waals surface area (Å²) >= 11 is 0. The van der Waals surface area contributed by atoms with Crippen LogP contribution in [-0.4, -0.2) is 20.2 Å². The van der Waals surface area contributed by atoms with Crippen molar-refractivity contribution in [3.63, 3.8) is 0 Å². The lowest BCUT2D eigenvalue weighted by atomic mass is 9.82. The molecule has 1 aliphatic rings. The van der Waals surface area contributed by atoms with E-state index >= 15 is 0 Å². The molecule has 24 heavy (non-hydrogen) atoms. The van der Waals surface area contributed by atoms with Crippen LogP contribution in [0.5, 0.6) is 5.75 Å². The SMILES string of the molecule is CN(c1ccc(OC(F)F)cc1)c1ccc2c(c1)CCC[C@H]2CN. The second kappa shape index (κ2) is 7.18. The summed E-state index contributed by atoms with van der Waals surface area (Å²) in [5.41, 5.74) is 10.6. The molecule has 0 unspecified atom stereocenters. The molecular formula is C19H22F2N2O. The molecule has 1 atom stereocenters. The zero-order valence-corrected chi connectivity index (χ0v) is 13.7. The first-order chi connectivity index (χ1) is 11.6. The van der Waals surface area contributed by atoms with E-state index in [0.29, 0.717) is 12.5 Å². The van der Waals surface area contributed by atoms with Crippen molar-refractivity contribution in [1.82, 2.24) is 0 Å². The van der Waals surface area contributed by atoms with Gasteiger partial charge in [0.1, 0.15) is 5.75 Å². The predicted molar refractivity (Wildman–Crippen MR) is 92.3 cm³/mol. The minimum atomic E-state index is -2.80. The Balaban J connectivity index is 1.81. The van der Waals surface area contributed by atoms with Gasteiger partial charge in [-0.2, -0.15) is 8.78 Å². The number of alkyl halides is 2. The van der Waals surface area contributed by atoms with Gasteiger partial charge in [-0.25, -0.2) is 0 Å². The van der Waals surface area contributed by atoms with Crippen molar-refractivity contribution >= 4 is 11.4 Å². The van der Waals surface area contributed by atoms with Crippen LogP contribution in [0.15, 0.2) is 42.5 Å². The molecule has 3 rings (SSSR count). The van der Waals surface area contributed by atoms with E-state index in [0.717, 1.165) is 24.2 Å². The summed E-state index contributed by atoms with van der Waals surface area (Å²) in [7, 11) is 1.97. The van der Waals surface area contributed by atoms with Gasteiger partial charge >= 0.3 is 6.61 Å². The molecule has 1 aliphatic carbocycles. The Morgan fingerprint density at radius 1 is 1.17 bits per heavy atom. The maximum atomic E-state index is 12.2. The molecule has 0 amide bonds. The van der Waals surface area contributed by atoms with E-state index in [1.54, 1.807) is 24.3 Å². The number of nitrogens with two attached hydrogens (primary N) is 1. The molecule has 2 aromatic carbocycles. The fourth-order valence-electron chi connectivity index (χ4n) is 3.36. The Morgan fingerprint density at radius 2 is 1.88 bits per heavy atom. The van der Waals surface area contributed by atoms with Crippen LogP contribution in [-0.2, 0) is 6.42 Å². The molecule has 0 radical (unpaired) electrons. The zero-order chi connectivity index (χ0) is 17.1. The van der Waals surface area contributed by atoms with Gasteiger partial charge < -0.3 is 15.4 Å². The first-order valence-corrected chi connectivity index (χ1v) is 8.20. The number of aryl methyl sites for hydroxylation is 1. The van der Waals surface area contributed by atoms with E-state index in [2.05, 4.69) is 22.9 Å². The molecule has 5 heteroatoms. The third-order valence-electron chi connectivity index (χ3n) is 4.69. The molecule has 2 N–H and O–H groups in total. The molecule has 0 aromatic heterocycles. The fourth-order valence-corrected chi connectivity index (χ4v) is 3.36. The lowest BCUT2D eigenvalue weighted by Crippen LogP contribution is -2.19. The highest BCUT2D eigenvalue weighted by atomic mass is 19.3. The quantitative estimate of drug-likeness (QED) is 0.880. The molecule has 0 spiro atoms. The van der Waals surface area contributed by atoms with Crippen molar-refractivity contribution in [3.8, 4) is 5.75 Å². The average molecular weight is 332 g/mol. The molecule has 0 aliphatic heterocycles. The maximum Gasteiger partial charge on any atom is 0.387 e. The zero-order valence-electron chi connectivity index (χ0n) is 13.7. The number of anilines is 2. The molecule has 0 fully saturated rings. The number of benzene rings is 2. The van der Waals surface area contributed by atoms with E-state index in [1.807, 2.05) is 11.9 Å². The van der Waals surface area contributed by atoms with Gasteiger partial charge in [0, 0.05) is 18.4 Å². The Bertz CT molecular complexity index is 688. The molecule has 128 valence electrons. The lowest BCUT2D eigenvalue weighted by Gasteiger charge is -2.27. The molecular weight excluding hydrogens is 310 g/mol. The van der Waals surface area contributed by atoms with Crippen LogP contribution in [0, 0.1) is 0 Å². The minimum absolute atomic E-state index is 0.165. The van der Waals surface area contributed by atoms with Crippen LogP contribution in [0.1, 0.15) is 29.9 Å². The number of rotatable bonds is 5. The normalized spacial score (nSPS) is 16.8. The van der Waals surface area contributed by atoms with Crippen molar-refractivity contribution in [3.05, 3.63) is 53.6 Å². The van der Waals surface area contributed by atoms with Crippen LogP contribution >= 0.6 is 0 Å². The number of ether oxygens (including phenoxy) is 1. The van der Waals surface area contributed by atoms with E-state index in [9.17, 15) is 8.78 Å². The summed E-state index contributed by atoms with van der Waals surface area (Å²) in [6, 6.07) is 13.1. The Hall–Kier alpha value is -2.14. The third-order valence-corrected chi connectivity index (χ3v) is 4.69. The van der Waals surface area contributed by atoms with Gasteiger partial charge in [0.25, 0.3) is 0 Å². The summed E-state index contributed by atoms with van der Waals surface area (Å²) < 4.78 is 28.8. The number of nitrogens with zero attached hydrogens (tertiary/aromatic N) is 1. The summed E-state index contributed by atoms with van der Waals surface area (Å²) in [5, 5.41) is 0. The second-order valence-corrected chi connectivity index (χ2v) is 6.14. The van der Waals surface area contributed by atoms with Gasteiger partial charge in [0.2, 0.25) is 0 Å². The van der Waals surface area contributed by atoms with Crippen LogP contribution in [0.25, 0.3) is 0 Å². The van der Waals surface area contributed by atoms with E-state index < -0.39 is 6.61 Å². The van der Waals surface area contributed by atoms with Crippen molar-refractivity contribution in [2.45, 2.75) is 31.8 Å². The van der Waals surface area contributed by atoms with Gasteiger partial charge in [-0.05, 0) is 79.3 Å². The fraction of sp³-hybridized carbons (Fsp3) is 0.368. The van der Waals surface area contributed by atoms with Crippen molar-refractivity contribution in [2.75, 3.05) is 18.5 Å². The Labute approximate surface area is 141 Å². The van der Waals surface area contributed by atoms with Gasteiger partial charge in [-0.15, -0.1) is 0 Å². The smallest absolute Gasteiger partial charge is 0.387 e. The van der Waals surface area contributed by atoms with Crippen molar-refractivity contribution in [1.29, 1.82) is 0 Å². The summed E-state index contributed by atoms with van der Waals surface area (Å²) in [6.45, 7) is -2.11. The average Bonchev–Trinajstić information content (AvgIpc) is 2.60. The van der Waals surface area contributed by atoms with E-state index in [-0.39, 0.29) is 5.75 Å². The van der Waals surface area contributed by atoms with Gasteiger partial charge in [-0.1, -0.05) is 6.07 Å². The molecule has 0 saturated carbocycles. The largest absolute Gasteiger partial charge is 0.435 e. The Kier molecular flexibility index (Phi) is 5.00. The monoisotopic (exact) mass is 332 g/mol. The van der Waals surface area contributed by atoms with E-state index in [4.69, 9.17) is 5.73 Å². The second-order valence-electron chi connectivity index (χ2n) is 6.14. The van der Waals surface area contributed by atoms with Crippen LogP contribution in [0.4, 0.5) is 20.2 Å². The summed E-state index contributed by atoms with van der Waals surface area (Å²) in [4.78, 5) is 2.04. The number of halogens is 2. The topological polar surface area (TPSA) is 38.5 Å². The van der Waals surface area contributed by atoms with Crippen LogP contribution in [0.3, 0.4) is 0 Å². The van der Waals surface area contributed by atoms with Crippen molar-refractivity contribution < 1.29 is 13.5 Å². The summed E-state index contributed by atoms with van der Waals surface area (Å²) in [6.07, 6.45) is 3.40. The number of hydrogen-bond donors (Lipinski definition) is 1. The van der Waals surface area contributed by atoms with Crippen molar-refractivity contribution in [2.24, 2.45) is 5.73 Å². The lowest BCUT2D eigenvalue weighted by molar-refractivity contribution is -0.0498. The molecule has 3 nitrogen and oxygen atoms in total. The first-order valence-electron chi connectivity index (χ1n) is 8.20. The molecule has 0 heterocycles. The predicted octanol–water partition coefficient (Wildman–Crippen LogP) is 4.43. The third kappa shape index (κ3) is 3.51.